The lowest BCUT2D eigenvalue weighted by molar-refractivity contribution is -0.121. The molecule has 0 unspecified atom stereocenters. The highest BCUT2D eigenvalue weighted by Gasteiger charge is 2.20. The summed E-state index contributed by atoms with van der Waals surface area (Å²) in [6, 6.07) is 8.36. The van der Waals surface area contributed by atoms with Gasteiger partial charge in [-0.3, -0.25) is 9.69 Å². The number of carbonyl (C=O) groups is 1. The van der Waals surface area contributed by atoms with Crippen LogP contribution in [0.15, 0.2) is 24.3 Å². The molecule has 1 fully saturated rings. The van der Waals surface area contributed by atoms with Crippen LogP contribution in [0.5, 0.6) is 0 Å². The first-order valence-electron chi connectivity index (χ1n) is 9.06. The summed E-state index contributed by atoms with van der Waals surface area (Å²) in [5, 5.41) is 3.07. The van der Waals surface area contributed by atoms with E-state index in [0.717, 1.165) is 42.4 Å². The summed E-state index contributed by atoms with van der Waals surface area (Å²) >= 11 is 0. The third kappa shape index (κ3) is 4.35. The zero-order valence-electron chi connectivity index (χ0n) is 14.7. The van der Waals surface area contributed by atoms with Crippen molar-refractivity contribution in [2.75, 3.05) is 19.6 Å². The molecule has 5 heteroatoms. The van der Waals surface area contributed by atoms with Crippen molar-refractivity contribution in [2.45, 2.75) is 45.6 Å². The van der Waals surface area contributed by atoms with Gasteiger partial charge in [0.1, 0.15) is 5.82 Å². The highest BCUT2D eigenvalue weighted by Crippen LogP contribution is 2.17. The van der Waals surface area contributed by atoms with Gasteiger partial charge in [-0.1, -0.05) is 19.1 Å². The molecule has 0 spiro atoms. The van der Waals surface area contributed by atoms with E-state index in [2.05, 4.69) is 34.0 Å². The molecule has 3 rings (SSSR count). The number of benzene rings is 1. The van der Waals surface area contributed by atoms with Crippen LogP contribution < -0.4 is 5.32 Å². The maximum Gasteiger partial charge on any atom is 0.220 e. The van der Waals surface area contributed by atoms with Gasteiger partial charge in [-0.2, -0.15) is 0 Å². The summed E-state index contributed by atoms with van der Waals surface area (Å²) in [5.74, 6) is 1.82. The molecule has 1 aromatic carbocycles. The minimum atomic E-state index is 0.104. The molecule has 130 valence electrons. The second-order valence-electron chi connectivity index (χ2n) is 7.07. The largest absolute Gasteiger partial charge is 0.355 e. The fourth-order valence-corrected chi connectivity index (χ4v) is 3.30. The van der Waals surface area contributed by atoms with Crippen LogP contribution in [0.4, 0.5) is 0 Å². The molecule has 1 amide bonds. The van der Waals surface area contributed by atoms with E-state index in [1.54, 1.807) is 0 Å². The predicted octanol–water partition coefficient (Wildman–Crippen LogP) is 2.73. The number of aryl methyl sites for hydroxylation is 1. The van der Waals surface area contributed by atoms with Gasteiger partial charge in [0.15, 0.2) is 0 Å². The molecule has 1 aliphatic rings. The Kier molecular flexibility index (Phi) is 5.51. The average molecular weight is 328 g/mol. The molecular formula is C19H28N4O. The zero-order valence-corrected chi connectivity index (χ0v) is 14.7. The van der Waals surface area contributed by atoms with E-state index in [1.165, 1.54) is 12.8 Å². The Morgan fingerprint density at radius 2 is 2.12 bits per heavy atom. The lowest BCUT2D eigenvalue weighted by atomic mass is 9.98. The van der Waals surface area contributed by atoms with Gasteiger partial charge < -0.3 is 10.3 Å². The molecule has 5 nitrogen and oxygen atoms in total. The number of nitrogens with zero attached hydrogens (tertiary/aromatic N) is 2. The number of amides is 1. The number of hydrogen-bond acceptors (Lipinski definition) is 3. The van der Waals surface area contributed by atoms with Crippen molar-refractivity contribution in [1.82, 2.24) is 20.2 Å². The third-order valence-corrected chi connectivity index (χ3v) is 5.06. The quantitative estimate of drug-likeness (QED) is 0.857. The van der Waals surface area contributed by atoms with Crippen molar-refractivity contribution < 1.29 is 4.79 Å². The fraction of sp³-hybridized carbons (Fsp3) is 0.579. The summed E-state index contributed by atoms with van der Waals surface area (Å²) in [6.07, 6.45) is 3.66. The molecule has 2 N–H and O–H groups in total. The molecular weight excluding hydrogens is 300 g/mol. The lowest BCUT2D eigenvalue weighted by Gasteiger charge is -2.35. The van der Waals surface area contributed by atoms with E-state index in [1.807, 2.05) is 24.3 Å². The first-order valence-corrected chi connectivity index (χ1v) is 9.06. The topological polar surface area (TPSA) is 61.0 Å². The van der Waals surface area contributed by atoms with Gasteiger partial charge in [0, 0.05) is 25.4 Å². The molecule has 1 atom stereocenters. The summed E-state index contributed by atoms with van der Waals surface area (Å²) in [4.78, 5) is 22.4. The van der Waals surface area contributed by atoms with Crippen molar-refractivity contribution >= 4 is 16.9 Å². The number of aromatic amines is 1. The van der Waals surface area contributed by atoms with E-state index < -0.39 is 0 Å². The van der Waals surface area contributed by atoms with Crippen molar-refractivity contribution in [3.63, 3.8) is 0 Å². The summed E-state index contributed by atoms with van der Waals surface area (Å²) in [5.41, 5.74) is 1.99. The third-order valence-electron chi connectivity index (χ3n) is 5.06. The van der Waals surface area contributed by atoms with Gasteiger partial charge in [0.05, 0.1) is 11.0 Å². The maximum absolute atomic E-state index is 12.1. The Morgan fingerprint density at radius 3 is 2.88 bits per heavy atom. The van der Waals surface area contributed by atoms with Gasteiger partial charge in [0.25, 0.3) is 0 Å². The van der Waals surface area contributed by atoms with Gasteiger partial charge in [-0.05, 0) is 50.9 Å². The Labute approximate surface area is 143 Å². The number of aromatic nitrogens is 2. The lowest BCUT2D eigenvalue weighted by Crippen LogP contribution is -2.45. The monoisotopic (exact) mass is 328 g/mol. The van der Waals surface area contributed by atoms with E-state index in [-0.39, 0.29) is 5.91 Å². The van der Waals surface area contributed by atoms with Crippen molar-refractivity contribution in [3.05, 3.63) is 30.1 Å². The molecule has 0 radical (unpaired) electrons. The normalized spacial score (nSPS) is 17.9. The smallest absolute Gasteiger partial charge is 0.220 e. The number of likely N-dealkylation sites (tertiary alicyclic amines) is 1. The van der Waals surface area contributed by atoms with Crippen molar-refractivity contribution in [3.8, 4) is 0 Å². The van der Waals surface area contributed by atoms with Crippen LogP contribution >= 0.6 is 0 Å². The van der Waals surface area contributed by atoms with Crippen LogP contribution in [0.25, 0.3) is 11.0 Å². The Balaban J connectivity index is 1.40. The maximum atomic E-state index is 12.1. The molecule has 1 aromatic heterocycles. The van der Waals surface area contributed by atoms with E-state index in [0.29, 0.717) is 18.9 Å². The first kappa shape index (κ1) is 17.0. The van der Waals surface area contributed by atoms with E-state index in [9.17, 15) is 4.79 Å². The summed E-state index contributed by atoms with van der Waals surface area (Å²) in [6.45, 7) is 7.55. The molecule has 0 bridgehead atoms. The van der Waals surface area contributed by atoms with Crippen LogP contribution in [-0.2, 0) is 11.2 Å². The van der Waals surface area contributed by atoms with Crippen LogP contribution in [-0.4, -0.2) is 46.5 Å². The Morgan fingerprint density at radius 1 is 1.38 bits per heavy atom. The number of rotatable bonds is 6. The number of piperidine rings is 1. The number of para-hydroxylation sites is 2. The number of carbonyl (C=O) groups excluding carboxylic acids is 1. The Hall–Kier alpha value is -1.88. The highest BCUT2D eigenvalue weighted by molar-refractivity contribution is 5.77. The molecule has 2 heterocycles. The van der Waals surface area contributed by atoms with Gasteiger partial charge in [-0.25, -0.2) is 4.98 Å². The van der Waals surface area contributed by atoms with Gasteiger partial charge in [-0.15, -0.1) is 0 Å². The highest BCUT2D eigenvalue weighted by atomic mass is 16.1. The predicted molar refractivity (Wildman–Crippen MR) is 96.9 cm³/mol. The van der Waals surface area contributed by atoms with Crippen LogP contribution in [0, 0.1) is 5.92 Å². The number of hydrogen-bond donors (Lipinski definition) is 2. The number of H-pyrrole nitrogens is 1. The molecule has 2 aromatic rings. The molecule has 0 saturated carbocycles. The van der Waals surface area contributed by atoms with Gasteiger partial charge >= 0.3 is 0 Å². The standard InChI is InChI=1S/C19H28N4O/c1-14-9-11-23(12-10-14)15(2)13-20-19(24)8-7-18-21-16-5-3-4-6-17(16)22-18/h3-6,14-15H,7-13H2,1-2H3,(H,20,24)(H,21,22)/t15-/m0/s1. The van der Waals surface area contributed by atoms with Crippen LogP contribution in [0.3, 0.4) is 0 Å². The van der Waals surface area contributed by atoms with Crippen molar-refractivity contribution in [2.24, 2.45) is 5.92 Å². The average Bonchev–Trinajstić information content (AvgIpc) is 3.01. The SMILES string of the molecule is CC1CCN([C@@H](C)CNC(=O)CCc2nc3ccccc3[nH]2)CC1. The van der Waals surface area contributed by atoms with Crippen molar-refractivity contribution in [1.29, 1.82) is 0 Å². The number of fused-ring (bicyclic) bond motifs is 1. The van der Waals surface area contributed by atoms with E-state index >= 15 is 0 Å². The fourth-order valence-electron chi connectivity index (χ4n) is 3.30. The number of nitrogens with one attached hydrogen (secondary N) is 2. The second-order valence-corrected chi connectivity index (χ2v) is 7.07. The second kappa shape index (κ2) is 7.79. The van der Waals surface area contributed by atoms with Crippen LogP contribution in [0.2, 0.25) is 0 Å². The summed E-state index contributed by atoms with van der Waals surface area (Å²) in [7, 11) is 0. The molecule has 1 saturated heterocycles. The number of imidazole rings is 1. The molecule has 0 aliphatic carbocycles. The molecule has 1 aliphatic heterocycles. The first-order chi connectivity index (χ1) is 11.6. The zero-order chi connectivity index (χ0) is 16.9. The minimum absolute atomic E-state index is 0.104. The van der Waals surface area contributed by atoms with Gasteiger partial charge in [0.2, 0.25) is 5.91 Å². The van der Waals surface area contributed by atoms with Crippen LogP contribution in [0.1, 0.15) is 38.9 Å². The molecule has 24 heavy (non-hydrogen) atoms. The minimum Gasteiger partial charge on any atom is -0.355 e. The Bertz CT molecular complexity index is 640. The van der Waals surface area contributed by atoms with E-state index in [4.69, 9.17) is 0 Å². The summed E-state index contributed by atoms with van der Waals surface area (Å²) < 4.78 is 0.